The fraction of sp³-hybridized carbons (Fsp3) is 0.364. The Morgan fingerprint density at radius 1 is 1.42 bits per heavy atom. The first-order chi connectivity index (χ1) is 8.85. The molecule has 0 saturated carbocycles. The molecule has 0 aliphatic carbocycles. The molecule has 1 aromatic rings. The smallest absolute Gasteiger partial charge is 0.319 e. The van der Waals surface area contributed by atoms with Gasteiger partial charge in [-0.15, -0.1) is 0 Å². The summed E-state index contributed by atoms with van der Waals surface area (Å²) >= 11 is 5.76. The maximum absolute atomic E-state index is 12.8. The van der Waals surface area contributed by atoms with Gasteiger partial charge in [0.1, 0.15) is 5.82 Å². The van der Waals surface area contributed by atoms with E-state index < -0.39 is 27.7 Å². The number of amides is 2. The first kappa shape index (κ1) is 14.1. The SMILES string of the molecule is O=C(Nc1ccc(F)cc1Cl)NC1CCS(=O)(=O)C1. The molecule has 8 heteroatoms. The zero-order valence-corrected chi connectivity index (χ0v) is 11.4. The first-order valence-corrected chi connectivity index (χ1v) is 7.79. The van der Waals surface area contributed by atoms with Crippen LogP contribution in [0.3, 0.4) is 0 Å². The van der Waals surface area contributed by atoms with Crippen molar-refractivity contribution in [3.63, 3.8) is 0 Å². The number of rotatable bonds is 2. The molecule has 0 radical (unpaired) electrons. The average molecular weight is 307 g/mol. The molecule has 2 N–H and O–H groups in total. The summed E-state index contributed by atoms with van der Waals surface area (Å²) in [6.07, 6.45) is 0.396. The van der Waals surface area contributed by atoms with E-state index in [9.17, 15) is 17.6 Å². The third kappa shape index (κ3) is 3.81. The van der Waals surface area contributed by atoms with E-state index in [1.165, 1.54) is 12.1 Å². The molecule has 1 unspecified atom stereocenters. The average Bonchev–Trinajstić information content (AvgIpc) is 2.62. The van der Waals surface area contributed by atoms with Crippen molar-refractivity contribution in [2.75, 3.05) is 16.8 Å². The standard InChI is InChI=1S/C11H12ClFN2O3S/c12-9-5-7(13)1-2-10(9)15-11(16)14-8-3-4-19(17,18)6-8/h1-2,5,8H,3-4,6H2,(H2,14,15,16). The van der Waals surface area contributed by atoms with Crippen molar-refractivity contribution in [3.8, 4) is 0 Å². The summed E-state index contributed by atoms with van der Waals surface area (Å²) in [6, 6.07) is 2.63. The maximum Gasteiger partial charge on any atom is 0.319 e. The topological polar surface area (TPSA) is 75.3 Å². The number of hydrogen-bond donors (Lipinski definition) is 2. The zero-order valence-electron chi connectivity index (χ0n) is 9.82. The molecular weight excluding hydrogens is 295 g/mol. The monoisotopic (exact) mass is 306 g/mol. The molecule has 5 nitrogen and oxygen atoms in total. The number of urea groups is 1. The van der Waals surface area contributed by atoms with Gasteiger partial charge in [0.25, 0.3) is 0 Å². The van der Waals surface area contributed by atoms with Gasteiger partial charge in [0.05, 0.1) is 22.2 Å². The number of hydrogen-bond acceptors (Lipinski definition) is 3. The van der Waals surface area contributed by atoms with E-state index in [2.05, 4.69) is 10.6 Å². The van der Waals surface area contributed by atoms with Crippen LogP contribution in [0.2, 0.25) is 5.02 Å². The second kappa shape index (κ2) is 5.34. The van der Waals surface area contributed by atoms with Crippen molar-refractivity contribution in [1.82, 2.24) is 5.32 Å². The predicted molar refractivity (Wildman–Crippen MR) is 70.6 cm³/mol. The Labute approximate surface area is 115 Å². The van der Waals surface area contributed by atoms with Crippen molar-refractivity contribution >= 4 is 33.2 Å². The number of benzene rings is 1. The predicted octanol–water partition coefficient (Wildman–Crippen LogP) is 1.79. The Bertz CT molecular complexity index is 606. The molecule has 0 aromatic heterocycles. The van der Waals surface area contributed by atoms with Crippen molar-refractivity contribution in [2.45, 2.75) is 12.5 Å². The highest BCUT2D eigenvalue weighted by molar-refractivity contribution is 7.91. The summed E-state index contributed by atoms with van der Waals surface area (Å²) in [7, 11) is -3.05. The minimum absolute atomic E-state index is 0.0580. The number of carbonyl (C=O) groups excluding carboxylic acids is 1. The van der Waals surface area contributed by atoms with Crippen LogP contribution >= 0.6 is 11.6 Å². The first-order valence-electron chi connectivity index (χ1n) is 5.59. The molecule has 1 aromatic carbocycles. The fourth-order valence-corrected chi connectivity index (χ4v) is 3.73. The van der Waals surface area contributed by atoms with E-state index in [1.807, 2.05) is 0 Å². The summed E-state index contributed by atoms with van der Waals surface area (Å²) in [5.74, 6) is -0.481. The molecule has 1 aliphatic rings. The Balaban J connectivity index is 1.95. The van der Waals surface area contributed by atoms with Gasteiger partial charge in [-0.1, -0.05) is 11.6 Å². The van der Waals surface area contributed by atoms with Crippen LogP contribution in [0.4, 0.5) is 14.9 Å². The minimum Gasteiger partial charge on any atom is -0.334 e. The Hall–Kier alpha value is -1.34. The number of anilines is 1. The van der Waals surface area contributed by atoms with Crippen LogP contribution in [0, 0.1) is 5.82 Å². The van der Waals surface area contributed by atoms with E-state index in [1.54, 1.807) is 0 Å². The van der Waals surface area contributed by atoms with E-state index in [0.29, 0.717) is 6.42 Å². The minimum atomic E-state index is -3.05. The second-order valence-corrected chi connectivity index (χ2v) is 6.96. The lowest BCUT2D eigenvalue weighted by atomic mass is 10.3. The molecule has 2 rings (SSSR count). The molecular formula is C11H12ClFN2O3S. The third-order valence-electron chi connectivity index (χ3n) is 2.75. The van der Waals surface area contributed by atoms with Gasteiger partial charge < -0.3 is 10.6 Å². The van der Waals surface area contributed by atoms with Gasteiger partial charge in [0, 0.05) is 6.04 Å². The normalized spacial score (nSPS) is 21.1. The van der Waals surface area contributed by atoms with E-state index in [0.717, 1.165) is 6.07 Å². The van der Waals surface area contributed by atoms with Gasteiger partial charge >= 0.3 is 6.03 Å². The van der Waals surface area contributed by atoms with E-state index >= 15 is 0 Å². The molecule has 104 valence electrons. The maximum atomic E-state index is 12.8. The number of nitrogens with one attached hydrogen (secondary N) is 2. The quantitative estimate of drug-likeness (QED) is 0.874. The molecule has 1 atom stereocenters. The van der Waals surface area contributed by atoms with Crippen molar-refractivity contribution in [3.05, 3.63) is 29.0 Å². The molecule has 1 aliphatic heterocycles. The lowest BCUT2D eigenvalue weighted by Crippen LogP contribution is -2.38. The van der Waals surface area contributed by atoms with Gasteiger partial charge in [-0.05, 0) is 24.6 Å². The lowest BCUT2D eigenvalue weighted by Gasteiger charge is -2.12. The Morgan fingerprint density at radius 3 is 2.74 bits per heavy atom. The van der Waals surface area contributed by atoms with E-state index in [4.69, 9.17) is 11.6 Å². The summed E-state index contributed by atoms with van der Waals surface area (Å²) in [5.41, 5.74) is 0.265. The van der Waals surface area contributed by atoms with Crippen LogP contribution in [-0.4, -0.2) is 32.0 Å². The Morgan fingerprint density at radius 2 is 2.16 bits per heavy atom. The van der Waals surface area contributed by atoms with Gasteiger partial charge in [-0.2, -0.15) is 0 Å². The zero-order chi connectivity index (χ0) is 14.0. The van der Waals surface area contributed by atoms with Crippen molar-refractivity contribution < 1.29 is 17.6 Å². The molecule has 1 saturated heterocycles. The Kier molecular flexibility index (Phi) is 3.96. The highest BCUT2D eigenvalue weighted by Gasteiger charge is 2.28. The highest BCUT2D eigenvalue weighted by atomic mass is 35.5. The lowest BCUT2D eigenvalue weighted by molar-refractivity contribution is 0.249. The van der Waals surface area contributed by atoms with E-state index in [-0.39, 0.29) is 22.2 Å². The molecule has 2 amide bonds. The van der Waals surface area contributed by atoms with Gasteiger partial charge in [-0.25, -0.2) is 17.6 Å². The van der Waals surface area contributed by atoms with Crippen molar-refractivity contribution in [1.29, 1.82) is 0 Å². The summed E-state index contributed by atoms with van der Waals surface area (Å²) in [5, 5.41) is 5.07. The molecule has 1 heterocycles. The van der Waals surface area contributed by atoms with Crippen LogP contribution in [0.15, 0.2) is 18.2 Å². The summed E-state index contributed by atoms with van der Waals surface area (Å²) in [4.78, 5) is 11.6. The van der Waals surface area contributed by atoms with Crippen molar-refractivity contribution in [2.24, 2.45) is 0 Å². The van der Waals surface area contributed by atoms with Crippen LogP contribution in [0.25, 0.3) is 0 Å². The fourth-order valence-electron chi connectivity index (χ4n) is 1.84. The van der Waals surface area contributed by atoms with Crippen LogP contribution in [0.1, 0.15) is 6.42 Å². The molecule has 1 fully saturated rings. The number of sulfone groups is 1. The second-order valence-electron chi connectivity index (χ2n) is 4.32. The number of carbonyl (C=O) groups is 1. The summed E-state index contributed by atoms with van der Waals surface area (Å²) in [6.45, 7) is 0. The van der Waals surface area contributed by atoms with Gasteiger partial charge in [0.2, 0.25) is 0 Å². The number of halogens is 2. The van der Waals surface area contributed by atoms with Gasteiger partial charge in [0.15, 0.2) is 9.84 Å². The highest BCUT2D eigenvalue weighted by Crippen LogP contribution is 2.22. The molecule has 19 heavy (non-hydrogen) atoms. The van der Waals surface area contributed by atoms with Gasteiger partial charge in [-0.3, -0.25) is 0 Å². The largest absolute Gasteiger partial charge is 0.334 e. The summed E-state index contributed by atoms with van der Waals surface area (Å²) < 4.78 is 35.3. The third-order valence-corrected chi connectivity index (χ3v) is 4.83. The molecule has 0 spiro atoms. The molecule has 0 bridgehead atoms. The van der Waals surface area contributed by atoms with Crippen LogP contribution in [0.5, 0.6) is 0 Å². The van der Waals surface area contributed by atoms with Crippen LogP contribution < -0.4 is 10.6 Å². The van der Waals surface area contributed by atoms with Crippen LogP contribution in [-0.2, 0) is 9.84 Å².